The van der Waals surface area contributed by atoms with Gasteiger partial charge in [0.25, 0.3) is 0 Å². The third-order valence-corrected chi connectivity index (χ3v) is 2.19. The Morgan fingerprint density at radius 1 is 1.41 bits per heavy atom. The topological polar surface area (TPSA) is 51.0 Å². The van der Waals surface area contributed by atoms with Crippen molar-refractivity contribution in [1.82, 2.24) is 15.5 Å². The number of aryl methyl sites for hydroxylation is 1. The van der Waals surface area contributed by atoms with Gasteiger partial charge in [-0.2, -0.15) is 18.2 Å². The van der Waals surface area contributed by atoms with Crippen LogP contribution in [0.25, 0.3) is 0 Å². The van der Waals surface area contributed by atoms with E-state index in [1.54, 1.807) is 0 Å². The van der Waals surface area contributed by atoms with Crippen molar-refractivity contribution in [2.45, 2.75) is 45.3 Å². The molecular weight excluding hydrogens is 235 g/mol. The number of alkyl halides is 3. The van der Waals surface area contributed by atoms with Crippen LogP contribution < -0.4 is 5.32 Å². The highest BCUT2D eigenvalue weighted by molar-refractivity contribution is 4.91. The summed E-state index contributed by atoms with van der Waals surface area (Å²) in [5.41, 5.74) is 0. The van der Waals surface area contributed by atoms with Crippen molar-refractivity contribution in [3.8, 4) is 0 Å². The maximum atomic E-state index is 12.0. The lowest BCUT2D eigenvalue weighted by atomic mass is 10.3. The fraction of sp³-hybridized carbons (Fsp3) is 0.800. The Morgan fingerprint density at radius 3 is 2.71 bits per heavy atom. The molecule has 0 spiro atoms. The Bertz CT molecular complexity index is 338. The Morgan fingerprint density at radius 2 is 2.12 bits per heavy atom. The van der Waals surface area contributed by atoms with Crippen LogP contribution in [0.15, 0.2) is 4.52 Å². The lowest BCUT2D eigenvalue weighted by Gasteiger charge is -2.06. The summed E-state index contributed by atoms with van der Waals surface area (Å²) in [5, 5.41) is 6.64. The normalized spacial score (nSPS) is 13.9. The second-order valence-electron chi connectivity index (χ2n) is 3.84. The molecule has 0 aromatic carbocycles. The minimum Gasteiger partial charge on any atom is -0.338 e. The highest BCUT2D eigenvalue weighted by Gasteiger charge is 2.27. The van der Waals surface area contributed by atoms with Crippen molar-refractivity contribution in [1.29, 1.82) is 0 Å². The van der Waals surface area contributed by atoms with Gasteiger partial charge in [-0.3, -0.25) is 0 Å². The van der Waals surface area contributed by atoms with Crippen LogP contribution in [0.4, 0.5) is 13.2 Å². The Kier molecular flexibility index (Phi) is 4.92. The van der Waals surface area contributed by atoms with Gasteiger partial charge in [0.05, 0.1) is 12.5 Å². The zero-order valence-corrected chi connectivity index (χ0v) is 9.84. The summed E-state index contributed by atoms with van der Waals surface area (Å²) < 4.78 is 40.8. The van der Waals surface area contributed by atoms with Gasteiger partial charge in [0.15, 0.2) is 5.82 Å². The zero-order valence-electron chi connectivity index (χ0n) is 9.84. The summed E-state index contributed by atoms with van der Waals surface area (Å²) in [4.78, 5) is 3.93. The molecule has 0 aliphatic carbocycles. The predicted octanol–water partition coefficient (Wildman–Crippen LogP) is 2.63. The average Bonchev–Trinajstić information content (AvgIpc) is 2.70. The van der Waals surface area contributed by atoms with Crippen molar-refractivity contribution in [3.63, 3.8) is 0 Å². The zero-order chi connectivity index (χ0) is 12.9. The van der Waals surface area contributed by atoms with Crippen molar-refractivity contribution in [2.24, 2.45) is 0 Å². The monoisotopic (exact) mass is 251 g/mol. The molecule has 0 radical (unpaired) electrons. The highest BCUT2D eigenvalue weighted by Crippen LogP contribution is 2.21. The van der Waals surface area contributed by atoms with Gasteiger partial charge in [-0.1, -0.05) is 12.1 Å². The molecule has 1 heterocycles. The van der Waals surface area contributed by atoms with E-state index >= 15 is 0 Å². The molecule has 1 aromatic rings. The molecule has 98 valence electrons. The highest BCUT2D eigenvalue weighted by atomic mass is 19.4. The van der Waals surface area contributed by atoms with Crippen LogP contribution in [0.3, 0.4) is 0 Å². The van der Waals surface area contributed by atoms with E-state index in [4.69, 9.17) is 4.52 Å². The summed E-state index contributed by atoms with van der Waals surface area (Å²) in [7, 11) is 0. The van der Waals surface area contributed by atoms with Gasteiger partial charge in [-0.15, -0.1) is 0 Å². The van der Waals surface area contributed by atoms with Crippen LogP contribution in [-0.4, -0.2) is 22.9 Å². The molecule has 1 aromatic heterocycles. The summed E-state index contributed by atoms with van der Waals surface area (Å²) >= 11 is 0. The third kappa shape index (κ3) is 5.16. The van der Waals surface area contributed by atoms with E-state index in [1.807, 2.05) is 13.8 Å². The van der Waals surface area contributed by atoms with E-state index in [9.17, 15) is 13.2 Å². The quantitative estimate of drug-likeness (QED) is 0.844. The molecule has 0 aliphatic rings. The molecule has 4 nitrogen and oxygen atoms in total. The molecule has 0 fully saturated rings. The van der Waals surface area contributed by atoms with Crippen molar-refractivity contribution in [3.05, 3.63) is 11.7 Å². The lowest BCUT2D eigenvalue weighted by Crippen LogP contribution is -2.19. The molecule has 0 saturated carbocycles. The number of nitrogens with one attached hydrogen (secondary N) is 1. The summed E-state index contributed by atoms with van der Waals surface area (Å²) in [6.07, 6.45) is -4.40. The van der Waals surface area contributed by atoms with Gasteiger partial charge in [0, 0.05) is 6.42 Å². The SMILES string of the molecule is CCCNC(C)c1nc(CCC(F)(F)F)no1. The fourth-order valence-corrected chi connectivity index (χ4v) is 1.25. The van der Waals surface area contributed by atoms with Crippen LogP contribution in [0, 0.1) is 0 Å². The predicted molar refractivity (Wildman–Crippen MR) is 55.4 cm³/mol. The Hall–Kier alpha value is -1.11. The maximum Gasteiger partial charge on any atom is 0.389 e. The van der Waals surface area contributed by atoms with E-state index in [-0.39, 0.29) is 18.3 Å². The van der Waals surface area contributed by atoms with Gasteiger partial charge in [-0.25, -0.2) is 0 Å². The number of rotatable bonds is 6. The van der Waals surface area contributed by atoms with Crippen LogP contribution >= 0.6 is 0 Å². The maximum absolute atomic E-state index is 12.0. The lowest BCUT2D eigenvalue weighted by molar-refractivity contribution is -0.134. The second-order valence-corrected chi connectivity index (χ2v) is 3.84. The molecule has 0 amide bonds. The number of hydrogen-bond donors (Lipinski definition) is 1. The Labute approximate surface area is 97.6 Å². The minimum atomic E-state index is -4.19. The standard InChI is InChI=1S/C10H16F3N3O/c1-3-6-14-7(2)9-15-8(16-17-9)4-5-10(11,12)13/h7,14H,3-6H2,1-2H3. The van der Waals surface area contributed by atoms with E-state index < -0.39 is 12.6 Å². The number of aromatic nitrogens is 2. The van der Waals surface area contributed by atoms with Gasteiger partial charge < -0.3 is 9.84 Å². The van der Waals surface area contributed by atoms with Crippen LogP contribution in [0.1, 0.15) is 44.4 Å². The van der Waals surface area contributed by atoms with Crippen LogP contribution in [-0.2, 0) is 6.42 Å². The van der Waals surface area contributed by atoms with Gasteiger partial charge in [0.1, 0.15) is 0 Å². The molecule has 1 rings (SSSR count). The van der Waals surface area contributed by atoms with E-state index in [1.165, 1.54) is 0 Å². The molecule has 7 heteroatoms. The summed E-state index contributed by atoms with van der Waals surface area (Å²) in [6.45, 7) is 4.64. The van der Waals surface area contributed by atoms with E-state index in [2.05, 4.69) is 15.5 Å². The molecule has 1 atom stereocenters. The van der Waals surface area contributed by atoms with Gasteiger partial charge in [0.2, 0.25) is 5.89 Å². The first kappa shape index (κ1) is 14.0. The number of hydrogen-bond acceptors (Lipinski definition) is 4. The van der Waals surface area contributed by atoms with Crippen LogP contribution in [0.2, 0.25) is 0 Å². The van der Waals surface area contributed by atoms with Crippen molar-refractivity contribution < 1.29 is 17.7 Å². The van der Waals surface area contributed by atoms with Gasteiger partial charge >= 0.3 is 6.18 Å². The first-order valence-electron chi connectivity index (χ1n) is 5.55. The van der Waals surface area contributed by atoms with E-state index in [0.717, 1.165) is 13.0 Å². The number of halogens is 3. The molecule has 0 saturated heterocycles. The summed E-state index contributed by atoms with van der Waals surface area (Å²) in [6, 6.07) is -0.137. The Balaban J connectivity index is 2.47. The number of nitrogens with zero attached hydrogens (tertiary/aromatic N) is 2. The third-order valence-electron chi connectivity index (χ3n) is 2.19. The van der Waals surface area contributed by atoms with Crippen LogP contribution in [0.5, 0.6) is 0 Å². The van der Waals surface area contributed by atoms with E-state index in [0.29, 0.717) is 5.89 Å². The first-order chi connectivity index (χ1) is 7.92. The molecule has 17 heavy (non-hydrogen) atoms. The smallest absolute Gasteiger partial charge is 0.338 e. The molecule has 1 N–H and O–H groups in total. The average molecular weight is 251 g/mol. The molecular formula is C10H16F3N3O. The summed E-state index contributed by atoms with van der Waals surface area (Å²) in [5.74, 6) is 0.429. The van der Waals surface area contributed by atoms with Crippen molar-refractivity contribution in [2.75, 3.05) is 6.54 Å². The largest absolute Gasteiger partial charge is 0.389 e. The first-order valence-corrected chi connectivity index (χ1v) is 5.55. The molecule has 0 bridgehead atoms. The minimum absolute atomic E-state index is 0.0995. The molecule has 1 unspecified atom stereocenters. The second kappa shape index (κ2) is 6.00. The fourth-order valence-electron chi connectivity index (χ4n) is 1.25. The molecule has 0 aliphatic heterocycles. The van der Waals surface area contributed by atoms with Gasteiger partial charge in [-0.05, 0) is 19.9 Å². The van der Waals surface area contributed by atoms with Crippen molar-refractivity contribution >= 4 is 0 Å².